The van der Waals surface area contributed by atoms with Crippen LogP contribution in [0.1, 0.15) is 18.4 Å². The summed E-state index contributed by atoms with van der Waals surface area (Å²) in [4.78, 5) is 11.7. The third-order valence-corrected chi connectivity index (χ3v) is 3.72. The highest BCUT2D eigenvalue weighted by molar-refractivity contribution is 7.99. The summed E-state index contributed by atoms with van der Waals surface area (Å²) >= 11 is 7.49. The van der Waals surface area contributed by atoms with Gasteiger partial charge in [-0.15, -0.1) is 0 Å². The molecule has 1 rings (SSSR count). The molecule has 1 amide bonds. The minimum atomic E-state index is 0.0261. The molecule has 0 saturated carbocycles. The standard InChI is InChI=1S/C13H19ClN2OS/c1-10-8-11(14)4-5-12(10)16-13(17)9-18-7-3-2-6-15/h4-5,8H,2-3,6-7,9,15H2,1H3,(H,16,17). The maximum Gasteiger partial charge on any atom is 0.234 e. The Hall–Kier alpha value is -0.710. The molecule has 1 aromatic rings. The molecule has 0 heterocycles. The second-order valence-corrected chi connectivity index (χ2v) is 5.60. The molecule has 0 aliphatic heterocycles. The van der Waals surface area contributed by atoms with Crippen LogP contribution in [0.2, 0.25) is 5.02 Å². The number of hydrogen-bond donors (Lipinski definition) is 2. The Bertz CT molecular complexity index is 399. The number of carbonyl (C=O) groups is 1. The van der Waals surface area contributed by atoms with Crippen LogP contribution in [0.4, 0.5) is 5.69 Å². The number of amides is 1. The summed E-state index contributed by atoms with van der Waals surface area (Å²) in [5.74, 6) is 1.48. The lowest BCUT2D eigenvalue weighted by Crippen LogP contribution is -2.15. The van der Waals surface area contributed by atoms with Crippen molar-refractivity contribution in [2.75, 3.05) is 23.4 Å². The van der Waals surface area contributed by atoms with Gasteiger partial charge >= 0.3 is 0 Å². The van der Waals surface area contributed by atoms with E-state index in [1.165, 1.54) is 0 Å². The average Bonchev–Trinajstić information content (AvgIpc) is 2.32. The van der Waals surface area contributed by atoms with E-state index in [0.717, 1.165) is 36.4 Å². The average molecular weight is 287 g/mol. The van der Waals surface area contributed by atoms with Crippen LogP contribution in [-0.2, 0) is 4.79 Å². The van der Waals surface area contributed by atoms with Crippen molar-refractivity contribution in [2.45, 2.75) is 19.8 Å². The van der Waals surface area contributed by atoms with Gasteiger partial charge in [-0.05, 0) is 55.8 Å². The molecule has 0 radical (unpaired) electrons. The van der Waals surface area contributed by atoms with Crippen molar-refractivity contribution in [1.82, 2.24) is 0 Å². The van der Waals surface area contributed by atoms with Crippen molar-refractivity contribution in [2.24, 2.45) is 5.73 Å². The lowest BCUT2D eigenvalue weighted by Gasteiger charge is -2.08. The molecule has 18 heavy (non-hydrogen) atoms. The second-order valence-electron chi connectivity index (χ2n) is 4.06. The Morgan fingerprint density at radius 1 is 1.44 bits per heavy atom. The molecule has 3 N–H and O–H groups in total. The normalized spacial score (nSPS) is 10.4. The zero-order valence-corrected chi connectivity index (χ0v) is 12.1. The van der Waals surface area contributed by atoms with Crippen LogP contribution < -0.4 is 11.1 Å². The van der Waals surface area contributed by atoms with Gasteiger partial charge in [0, 0.05) is 10.7 Å². The number of thioether (sulfide) groups is 1. The Balaban J connectivity index is 2.31. The molecule has 0 aliphatic carbocycles. The summed E-state index contributed by atoms with van der Waals surface area (Å²) < 4.78 is 0. The summed E-state index contributed by atoms with van der Waals surface area (Å²) in [5.41, 5.74) is 7.20. The van der Waals surface area contributed by atoms with Crippen molar-refractivity contribution in [3.8, 4) is 0 Å². The summed E-state index contributed by atoms with van der Waals surface area (Å²) in [6.45, 7) is 2.65. The molecule has 0 saturated heterocycles. The van der Waals surface area contributed by atoms with E-state index in [4.69, 9.17) is 17.3 Å². The molecule has 1 aromatic carbocycles. The van der Waals surface area contributed by atoms with Gasteiger partial charge in [0.05, 0.1) is 5.75 Å². The summed E-state index contributed by atoms with van der Waals surface area (Å²) in [7, 11) is 0. The van der Waals surface area contributed by atoms with E-state index >= 15 is 0 Å². The maximum absolute atomic E-state index is 11.7. The molecule has 5 heteroatoms. The molecule has 100 valence electrons. The van der Waals surface area contributed by atoms with E-state index in [0.29, 0.717) is 10.8 Å². The van der Waals surface area contributed by atoms with Gasteiger partial charge in [-0.2, -0.15) is 11.8 Å². The number of nitrogens with one attached hydrogen (secondary N) is 1. The topological polar surface area (TPSA) is 55.1 Å². The highest BCUT2D eigenvalue weighted by Crippen LogP contribution is 2.19. The van der Waals surface area contributed by atoms with Crippen LogP contribution in [0.15, 0.2) is 18.2 Å². The molecular formula is C13H19ClN2OS. The van der Waals surface area contributed by atoms with Crippen molar-refractivity contribution in [3.05, 3.63) is 28.8 Å². The molecule has 0 atom stereocenters. The van der Waals surface area contributed by atoms with Crippen LogP contribution >= 0.6 is 23.4 Å². The number of rotatable bonds is 7. The minimum absolute atomic E-state index is 0.0261. The highest BCUT2D eigenvalue weighted by Gasteiger charge is 2.05. The van der Waals surface area contributed by atoms with Crippen LogP contribution in [0.5, 0.6) is 0 Å². The van der Waals surface area contributed by atoms with Gasteiger partial charge in [-0.25, -0.2) is 0 Å². The van der Waals surface area contributed by atoms with Gasteiger partial charge in [0.2, 0.25) is 5.91 Å². The van der Waals surface area contributed by atoms with Crippen LogP contribution in [0.3, 0.4) is 0 Å². The number of aryl methyl sites for hydroxylation is 1. The molecule has 0 bridgehead atoms. The van der Waals surface area contributed by atoms with Gasteiger partial charge in [0.15, 0.2) is 0 Å². The third kappa shape index (κ3) is 5.76. The van der Waals surface area contributed by atoms with Crippen molar-refractivity contribution < 1.29 is 4.79 Å². The predicted molar refractivity (Wildman–Crippen MR) is 80.4 cm³/mol. The number of halogens is 1. The second kappa shape index (κ2) is 8.40. The summed E-state index contributed by atoms with van der Waals surface area (Å²) in [6.07, 6.45) is 2.08. The lowest BCUT2D eigenvalue weighted by atomic mass is 10.2. The largest absolute Gasteiger partial charge is 0.330 e. The molecule has 0 fully saturated rings. The smallest absolute Gasteiger partial charge is 0.234 e. The first-order valence-electron chi connectivity index (χ1n) is 5.97. The molecule has 0 spiro atoms. The molecule has 0 aromatic heterocycles. The van der Waals surface area contributed by atoms with Gasteiger partial charge in [0.25, 0.3) is 0 Å². The van der Waals surface area contributed by atoms with Gasteiger partial charge in [-0.1, -0.05) is 11.6 Å². The van der Waals surface area contributed by atoms with Crippen molar-refractivity contribution >= 4 is 35.0 Å². The molecule has 0 aliphatic rings. The zero-order valence-electron chi connectivity index (χ0n) is 10.5. The van der Waals surface area contributed by atoms with E-state index in [-0.39, 0.29) is 5.91 Å². The third-order valence-electron chi connectivity index (χ3n) is 2.44. The summed E-state index contributed by atoms with van der Waals surface area (Å²) in [5, 5.41) is 3.57. The van der Waals surface area contributed by atoms with E-state index in [1.54, 1.807) is 17.8 Å². The van der Waals surface area contributed by atoms with E-state index in [2.05, 4.69) is 5.32 Å². The Morgan fingerprint density at radius 2 is 2.22 bits per heavy atom. The van der Waals surface area contributed by atoms with Crippen LogP contribution in [-0.4, -0.2) is 24.0 Å². The fourth-order valence-corrected chi connectivity index (χ4v) is 2.50. The van der Waals surface area contributed by atoms with Gasteiger partial charge < -0.3 is 11.1 Å². The lowest BCUT2D eigenvalue weighted by molar-refractivity contribution is -0.113. The SMILES string of the molecule is Cc1cc(Cl)ccc1NC(=O)CSCCCCN. The van der Waals surface area contributed by atoms with E-state index < -0.39 is 0 Å². The maximum atomic E-state index is 11.7. The number of carbonyl (C=O) groups excluding carboxylic acids is 1. The van der Waals surface area contributed by atoms with Gasteiger partial charge in [0.1, 0.15) is 0 Å². The fraction of sp³-hybridized carbons (Fsp3) is 0.462. The fourth-order valence-electron chi connectivity index (χ4n) is 1.47. The highest BCUT2D eigenvalue weighted by atomic mass is 35.5. The minimum Gasteiger partial charge on any atom is -0.330 e. The van der Waals surface area contributed by atoms with Crippen molar-refractivity contribution in [1.29, 1.82) is 0 Å². The monoisotopic (exact) mass is 286 g/mol. The van der Waals surface area contributed by atoms with Gasteiger partial charge in [-0.3, -0.25) is 4.79 Å². The molecule has 0 unspecified atom stereocenters. The van der Waals surface area contributed by atoms with E-state index in [1.807, 2.05) is 19.1 Å². The molecular weight excluding hydrogens is 268 g/mol. The van der Waals surface area contributed by atoms with Crippen molar-refractivity contribution in [3.63, 3.8) is 0 Å². The number of benzene rings is 1. The number of hydrogen-bond acceptors (Lipinski definition) is 3. The number of nitrogens with two attached hydrogens (primary N) is 1. The number of unbranched alkanes of at least 4 members (excludes halogenated alkanes) is 1. The Morgan fingerprint density at radius 3 is 2.89 bits per heavy atom. The predicted octanol–water partition coefficient (Wildman–Crippen LogP) is 3.06. The van der Waals surface area contributed by atoms with Crippen LogP contribution in [0.25, 0.3) is 0 Å². The van der Waals surface area contributed by atoms with Crippen LogP contribution in [0, 0.1) is 6.92 Å². The summed E-state index contributed by atoms with van der Waals surface area (Å²) in [6, 6.07) is 5.44. The first-order chi connectivity index (χ1) is 8.63. The first kappa shape index (κ1) is 15.3. The van der Waals surface area contributed by atoms with E-state index in [9.17, 15) is 4.79 Å². The molecule has 3 nitrogen and oxygen atoms in total. The quantitative estimate of drug-likeness (QED) is 0.758. The first-order valence-corrected chi connectivity index (χ1v) is 7.50. The number of anilines is 1. The Labute approximate surface area is 117 Å². The Kier molecular flexibility index (Phi) is 7.16. The zero-order chi connectivity index (χ0) is 13.4.